The van der Waals surface area contributed by atoms with Gasteiger partial charge in [-0.3, -0.25) is 14.9 Å². The Balaban J connectivity index is 3.07. The SMILES string of the molecule is O=C/C=C/c1ccc([N+](=O)[O-])cc1Br. The van der Waals surface area contributed by atoms with E-state index in [1.165, 1.54) is 18.2 Å². The molecule has 1 aromatic carbocycles. The minimum atomic E-state index is -0.474. The minimum Gasteiger partial charge on any atom is -0.299 e. The second kappa shape index (κ2) is 4.66. The topological polar surface area (TPSA) is 60.2 Å². The molecule has 0 aromatic heterocycles. The first-order valence-corrected chi connectivity index (χ1v) is 4.50. The maximum atomic E-state index is 10.4. The smallest absolute Gasteiger partial charge is 0.270 e. The quantitative estimate of drug-likeness (QED) is 0.361. The number of hydrogen-bond donors (Lipinski definition) is 0. The molecule has 0 radical (unpaired) electrons. The van der Waals surface area contributed by atoms with Crippen molar-refractivity contribution in [3.63, 3.8) is 0 Å². The Labute approximate surface area is 88.5 Å². The van der Waals surface area contributed by atoms with Gasteiger partial charge in [0, 0.05) is 16.6 Å². The third kappa shape index (κ3) is 2.50. The van der Waals surface area contributed by atoms with E-state index in [-0.39, 0.29) is 5.69 Å². The van der Waals surface area contributed by atoms with Crippen LogP contribution in [-0.2, 0) is 4.79 Å². The molecule has 0 aliphatic heterocycles. The summed E-state index contributed by atoms with van der Waals surface area (Å²) in [6, 6.07) is 4.35. The van der Waals surface area contributed by atoms with Crippen LogP contribution in [-0.4, -0.2) is 11.2 Å². The van der Waals surface area contributed by atoms with Gasteiger partial charge in [-0.05, 0) is 33.6 Å². The predicted octanol–water partition coefficient (Wildman–Crippen LogP) is 2.57. The lowest BCUT2D eigenvalue weighted by atomic mass is 10.2. The lowest BCUT2D eigenvalue weighted by Gasteiger charge is -1.97. The van der Waals surface area contributed by atoms with Crippen LogP contribution in [0.15, 0.2) is 28.7 Å². The van der Waals surface area contributed by atoms with Crippen molar-refractivity contribution in [3.05, 3.63) is 44.4 Å². The standard InChI is InChI=1S/C9H6BrNO3/c10-9-6-8(11(13)14)4-3-7(9)2-1-5-12/h1-6H/b2-1+. The molecule has 0 N–H and O–H groups in total. The maximum Gasteiger partial charge on any atom is 0.270 e. The zero-order chi connectivity index (χ0) is 10.6. The average Bonchev–Trinajstić information content (AvgIpc) is 2.15. The van der Waals surface area contributed by atoms with Crippen LogP contribution in [0, 0.1) is 10.1 Å². The summed E-state index contributed by atoms with van der Waals surface area (Å²) >= 11 is 3.17. The number of rotatable bonds is 3. The molecule has 0 unspecified atom stereocenters. The molecule has 5 heteroatoms. The van der Waals surface area contributed by atoms with Crippen LogP contribution in [0.1, 0.15) is 5.56 Å². The molecule has 4 nitrogen and oxygen atoms in total. The van der Waals surface area contributed by atoms with Gasteiger partial charge in [-0.25, -0.2) is 0 Å². The first kappa shape index (κ1) is 10.6. The summed E-state index contributed by atoms with van der Waals surface area (Å²) in [5.74, 6) is 0. The van der Waals surface area contributed by atoms with Crippen LogP contribution in [0.25, 0.3) is 6.08 Å². The Morgan fingerprint density at radius 2 is 2.14 bits per heavy atom. The molecule has 1 aromatic rings. The molecule has 0 bridgehead atoms. The highest BCUT2D eigenvalue weighted by Crippen LogP contribution is 2.23. The van der Waals surface area contributed by atoms with Gasteiger partial charge in [-0.1, -0.05) is 6.08 Å². The van der Waals surface area contributed by atoms with E-state index < -0.39 is 4.92 Å². The lowest BCUT2D eigenvalue weighted by Crippen LogP contribution is -1.88. The second-order valence-corrected chi connectivity index (χ2v) is 3.31. The number of allylic oxidation sites excluding steroid dienone is 1. The van der Waals surface area contributed by atoms with Gasteiger partial charge in [0.25, 0.3) is 5.69 Å². The molecule has 0 atom stereocenters. The third-order valence-electron chi connectivity index (χ3n) is 1.55. The molecule has 0 aliphatic carbocycles. The van der Waals surface area contributed by atoms with Crippen molar-refractivity contribution in [2.75, 3.05) is 0 Å². The van der Waals surface area contributed by atoms with Gasteiger partial charge in [0.1, 0.15) is 6.29 Å². The Morgan fingerprint density at radius 3 is 2.64 bits per heavy atom. The minimum absolute atomic E-state index is 0.0140. The fraction of sp³-hybridized carbons (Fsp3) is 0. The predicted molar refractivity (Wildman–Crippen MR) is 55.9 cm³/mol. The number of carbonyl (C=O) groups excluding carboxylic acids is 1. The van der Waals surface area contributed by atoms with E-state index in [9.17, 15) is 14.9 Å². The Hall–Kier alpha value is -1.49. The summed E-state index contributed by atoms with van der Waals surface area (Å²) in [5, 5.41) is 10.4. The van der Waals surface area contributed by atoms with Gasteiger partial charge in [0.05, 0.1) is 4.92 Å². The summed E-state index contributed by atoms with van der Waals surface area (Å²) in [7, 11) is 0. The van der Waals surface area contributed by atoms with Crippen LogP contribution in [0.4, 0.5) is 5.69 Å². The van der Waals surface area contributed by atoms with E-state index in [1.807, 2.05) is 0 Å². The first-order chi connectivity index (χ1) is 6.65. The number of carbonyl (C=O) groups is 1. The molecule has 1 rings (SSSR count). The molecule has 0 aliphatic rings. The molecule has 72 valence electrons. The maximum absolute atomic E-state index is 10.4. The largest absolute Gasteiger partial charge is 0.299 e. The zero-order valence-electron chi connectivity index (χ0n) is 7.01. The van der Waals surface area contributed by atoms with Gasteiger partial charge in [-0.2, -0.15) is 0 Å². The fourth-order valence-electron chi connectivity index (χ4n) is 0.908. The van der Waals surface area contributed by atoms with E-state index in [1.54, 1.807) is 12.1 Å². The van der Waals surface area contributed by atoms with E-state index in [0.29, 0.717) is 10.8 Å². The van der Waals surface area contributed by atoms with E-state index in [0.717, 1.165) is 5.56 Å². The number of nitro benzene ring substituents is 1. The summed E-state index contributed by atoms with van der Waals surface area (Å²) in [6.45, 7) is 0. The van der Waals surface area contributed by atoms with Gasteiger partial charge in [0.15, 0.2) is 0 Å². The van der Waals surface area contributed by atoms with E-state index in [4.69, 9.17) is 0 Å². The van der Waals surface area contributed by atoms with Gasteiger partial charge in [-0.15, -0.1) is 0 Å². The highest BCUT2D eigenvalue weighted by molar-refractivity contribution is 9.10. The number of aldehydes is 1. The summed E-state index contributed by atoms with van der Waals surface area (Å²) in [5.41, 5.74) is 0.739. The van der Waals surface area contributed by atoms with Crippen LogP contribution >= 0.6 is 15.9 Å². The van der Waals surface area contributed by atoms with Crippen LogP contribution in [0.5, 0.6) is 0 Å². The lowest BCUT2D eigenvalue weighted by molar-refractivity contribution is -0.384. The van der Waals surface area contributed by atoms with Crippen molar-refractivity contribution in [1.82, 2.24) is 0 Å². The van der Waals surface area contributed by atoms with Gasteiger partial charge >= 0.3 is 0 Å². The molecule has 0 fully saturated rings. The number of halogens is 1. The summed E-state index contributed by atoms with van der Waals surface area (Å²) < 4.78 is 0.588. The number of nitrogens with zero attached hydrogens (tertiary/aromatic N) is 1. The molecular weight excluding hydrogens is 250 g/mol. The van der Waals surface area contributed by atoms with Gasteiger partial charge < -0.3 is 0 Å². The molecule has 0 saturated carbocycles. The van der Waals surface area contributed by atoms with Crippen molar-refractivity contribution >= 4 is 34.0 Å². The van der Waals surface area contributed by atoms with Crippen molar-refractivity contribution in [3.8, 4) is 0 Å². The number of hydrogen-bond acceptors (Lipinski definition) is 3. The van der Waals surface area contributed by atoms with Crippen LogP contribution in [0.2, 0.25) is 0 Å². The van der Waals surface area contributed by atoms with Crippen molar-refractivity contribution in [2.45, 2.75) is 0 Å². The number of nitro groups is 1. The van der Waals surface area contributed by atoms with Crippen LogP contribution in [0.3, 0.4) is 0 Å². The highest BCUT2D eigenvalue weighted by atomic mass is 79.9. The Morgan fingerprint density at radius 1 is 1.43 bits per heavy atom. The summed E-state index contributed by atoms with van der Waals surface area (Å²) in [6.07, 6.45) is 3.54. The second-order valence-electron chi connectivity index (χ2n) is 2.46. The Kier molecular flexibility index (Phi) is 3.53. The van der Waals surface area contributed by atoms with Crippen LogP contribution < -0.4 is 0 Å². The van der Waals surface area contributed by atoms with E-state index in [2.05, 4.69) is 15.9 Å². The highest BCUT2D eigenvalue weighted by Gasteiger charge is 2.06. The fourth-order valence-corrected chi connectivity index (χ4v) is 1.41. The molecule has 0 heterocycles. The molecule has 14 heavy (non-hydrogen) atoms. The normalized spacial score (nSPS) is 10.4. The van der Waals surface area contributed by atoms with Gasteiger partial charge in [0.2, 0.25) is 0 Å². The average molecular weight is 256 g/mol. The zero-order valence-corrected chi connectivity index (χ0v) is 8.60. The van der Waals surface area contributed by atoms with Crippen molar-refractivity contribution < 1.29 is 9.72 Å². The molecule has 0 amide bonds. The third-order valence-corrected chi connectivity index (χ3v) is 2.24. The summed E-state index contributed by atoms with van der Waals surface area (Å²) in [4.78, 5) is 20.0. The van der Waals surface area contributed by atoms with Crippen molar-refractivity contribution in [2.24, 2.45) is 0 Å². The van der Waals surface area contributed by atoms with E-state index >= 15 is 0 Å². The monoisotopic (exact) mass is 255 g/mol. The number of non-ortho nitro benzene ring substituents is 1. The molecule has 0 spiro atoms. The molecule has 0 saturated heterocycles. The first-order valence-electron chi connectivity index (χ1n) is 3.71. The molecular formula is C9H6BrNO3. The van der Waals surface area contributed by atoms with Crippen molar-refractivity contribution in [1.29, 1.82) is 0 Å². The number of benzene rings is 1. The Bertz CT molecular complexity index is 401.